The van der Waals surface area contributed by atoms with E-state index in [1.54, 1.807) is 104 Å². The molecule has 47 heavy (non-hydrogen) atoms. The number of hydrogen-bond donors (Lipinski definition) is 0. The van der Waals surface area contributed by atoms with Gasteiger partial charge in [-0.3, -0.25) is 0 Å². The van der Waals surface area contributed by atoms with E-state index in [1.165, 1.54) is 0 Å². The van der Waals surface area contributed by atoms with Crippen LogP contribution in [0.1, 0.15) is 66.8 Å². The summed E-state index contributed by atoms with van der Waals surface area (Å²) < 4.78 is 3.06. The van der Waals surface area contributed by atoms with Crippen LogP contribution in [0.4, 0.5) is 0 Å². The van der Waals surface area contributed by atoms with Crippen LogP contribution in [0.5, 0.6) is 0 Å². The summed E-state index contributed by atoms with van der Waals surface area (Å²) in [5.41, 5.74) is -2.33. The van der Waals surface area contributed by atoms with Crippen LogP contribution in [0.15, 0.2) is 48.8 Å². The topological polar surface area (TPSA) is 317 Å². The van der Waals surface area contributed by atoms with Crippen molar-refractivity contribution in [1.29, 1.82) is 0 Å². The van der Waals surface area contributed by atoms with Crippen molar-refractivity contribution in [3.05, 3.63) is 126 Å². The van der Waals surface area contributed by atoms with Gasteiger partial charge in [-0.15, -0.1) is 9.48 Å². The summed E-state index contributed by atoms with van der Waals surface area (Å²) in [6.45, 7) is 14.1. The Kier molecular flexibility index (Phi) is 16.3. The van der Waals surface area contributed by atoms with E-state index in [0.29, 0.717) is 11.4 Å². The van der Waals surface area contributed by atoms with Crippen molar-refractivity contribution in [2.75, 3.05) is 0 Å². The molecule has 0 saturated heterocycles. The molecule has 1 radical (unpaired) electrons. The van der Waals surface area contributed by atoms with E-state index in [1.807, 2.05) is 0 Å². The second-order valence-corrected chi connectivity index (χ2v) is 11.2. The van der Waals surface area contributed by atoms with Crippen molar-refractivity contribution >= 4 is 11.7 Å². The number of hydrogen-bond acceptors (Lipinski definition) is 15. The molecular weight excluding hydrogens is 787 g/mol. The van der Waals surface area contributed by atoms with E-state index in [2.05, 4.69) is 9.97 Å². The Labute approximate surface area is 296 Å². The van der Waals surface area contributed by atoms with E-state index in [4.69, 9.17) is 46.0 Å². The van der Waals surface area contributed by atoms with E-state index in [-0.39, 0.29) is 49.4 Å². The van der Waals surface area contributed by atoms with Crippen LogP contribution in [0, 0.1) is 104 Å². The molecule has 22 nitrogen and oxygen atoms in total. The van der Waals surface area contributed by atoms with Gasteiger partial charge in [0.2, 0.25) is 22.5 Å². The van der Waals surface area contributed by atoms with Gasteiger partial charge < -0.3 is 56.4 Å². The summed E-state index contributed by atoms with van der Waals surface area (Å²) in [5, 5.41) is 68.8. The molecule has 0 fully saturated rings. The van der Waals surface area contributed by atoms with Gasteiger partial charge in [0.25, 0.3) is 11.1 Å². The fourth-order valence-electron chi connectivity index (χ4n) is 3.62. The first-order chi connectivity index (χ1) is 20.8. The van der Waals surface area contributed by atoms with E-state index in [0.717, 1.165) is 19.0 Å². The number of pyridine rings is 2. The zero-order valence-electron chi connectivity index (χ0n) is 26.3. The quantitative estimate of drug-likeness (QED) is 0.138. The molecule has 2 aromatic heterocycles. The van der Waals surface area contributed by atoms with Gasteiger partial charge in [0, 0.05) is 115 Å². The average Bonchev–Trinajstić information content (AvgIpc) is 3.12. The second-order valence-electron chi connectivity index (χ2n) is 11.2. The molecule has 0 spiro atoms. The van der Waals surface area contributed by atoms with Gasteiger partial charge >= 0.3 is 11.7 Å². The number of aromatic nitrogens is 2. The first-order valence-electron chi connectivity index (χ1n) is 12.7. The molecule has 0 bridgehead atoms. The maximum atomic E-state index is 12.3. The minimum absolute atomic E-state index is 0. The zero-order valence-corrected chi connectivity index (χ0v) is 28.2. The zero-order chi connectivity index (χ0) is 36.4. The van der Waals surface area contributed by atoms with Crippen molar-refractivity contribution in [1.82, 2.24) is 9.97 Å². The first kappa shape index (κ1) is 44.4. The van der Waals surface area contributed by atoms with Crippen molar-refractivity contribution in [3.63, 3.8) is 0 Å². The molecule has 0 N–H and O–H groups in total. The van der Waals surface area contributed by atoms with Crippen molar-refractivity contribution in [3.8, 4) is 0 Å². The fraction of sp³-hybridized carbons (Fsp3) is 0.500. The Morgan fingerprint density at radius 3 is 0.915 bits per heavy atom. The van der Waals surface area contributed by atoms with Gasteiger partial charge in [0.1, 0.15) is 9.52 Å². The third-order valence-corrected chi connectivity index (χ3v) is 7.58. The molecule has 0 saturated carbocycles. The first-order valence-corrected chi connectivity index (χ1v) is 12.7. The number of amidine groups is 2. The molecule has 2 aliphatic heterocycles. The fourth-order valence-corrected chi connectivity index (χ4v) is 3.62. The van der Waals surface area contributed by atoms with Gasteiger partial charge in [-0.2, -0.15) is 0 Å². The standard InChI is InChI=1S/2C12H16N3O2.Ho.3NO3/c2*1-11(2)12(3,4)15(17)10(14(11)16)9-7-5-6-8-13-9;;3*2-1(3)4/h2*5-8H,1-4H3;;;;/q2*+1;;3*-1. The van der Waals surface area contributed by atoms with Crippen LogP contribution in [0.25, 0.3) is 0 Å². The molecule has 4 heterocycles. The maximum Gasteiger partial charge on any atom is 0.523 e. The number of nitrogens with zero attached hydrogens (tertiary/aromatic N) is 9. The summed E-state index contributed by atoms with van der Waals surface area (Å²) in [6, 6.07) is 10.4. The summed E-state index contributed by atoms with van der Waals surface area (Å²) in [4.78, 5) is 57.4. The van der Waals surface area contributed by atoms with Gasteiger partial charge in [0.05, 0.1) is 15.3 Å². The van der Waals surface area contributed by atoms with Gasteiger partial charge in [0.15, 0.2) is 0 Å². The Bertz CT molecular complexity index is 1380. The third-order valence-electron chi connectivity index (χ3n) is 7.58. The summed E-state index contributed by atoms with van der Waals surface area (Å²) in [5.74, 6) is 0.168. The van der Waals surface area contributed by atoms with Crippen molar-refractivity contribution in [2.24, 2.45) is 0 Å². The molecule has 0 unspecified atom stereocenters. The summed E-state index contributed by atoms with van der Waals surface area (Å²) >= 11 is 0. The largest absolute Gasteiger partial charge is 0.618 e. The minimum Gasteiger partial charge on any atom is -0.618 e. The second kappa shape index (κ2) is 17.3. The van der Waals surface area contributed by atoms with Crippen LogP contribution in [0.3, 0.4) is 0 Å². The summed E-state index contributed by atoms with van der Waals surface area (Å²) in [7, 11) is 0. The molecule has 4 rings (SSSR count). The average molecular weight is 820 g/mol. The summed E-state index contributed by atoms with van der Waals surface area (Å²) in [6.07, 6.45) is 3.14. The van der Waals surface area contributed by atoms with Crippen molar-refractivity contribution < 1.29 is 72.0 Å². The van der Waals surface area contributed by atoms with Crippen LogP contribution in [0.2, 0.25) is 0 Å². The maximum absolute atomic E-state index is 12.3. The molecule has 0 aliphatic carbocycles. The molecule has 2 aromatic rings. The predicted molar refractivity (Wildman–Crippen MR) is 159 cm³/mol. The Balaban J connectivity index is 0. The van der Waals surface area contributed by atoms with Crippen LogP contribution in [-0.4, -0.2) is 78.1 Å². The van der Waals surface area contributed by atoms with Gasteiger partial charge in [-0.25, -0.2) is 9.97 Å². The molecular formula is C24H32HoN9O13-. The number of rotatable bonds is 2. The molecule has 2 aliphatic rings. The predicted octanol–water partition coefficient (Wildman–Crippen LogP) is 2.66. The number of nitroso groups, excluding NO2 is 2. The van der Waals surface area contributed by atoms with Gasteiger partial charge in [-0.1, -0.05) is 12.1 Å². The van der Waals surface area contributed by atoms with Gasteiger partial charge in [-0.05, 0) is 24.3 Å². The molecule has 23 heteroatoms. The smallest absolute Gasteiger partial charge is 0.523 e. The minimum atomic E-state index is -1.75. The SMILES string of the molecule is CC1(C)[N+](=O)C(c2ccccn2)=[N+]([O-])C1(C)C.CC1(C)[N+](=O)C(c2ccccn2)=[N+]([O-])C1(C)C.O=[N+]([O-])[O-].O=[N+]([O-])[O-].O=[N+]([O-])[O-].[Ho]. The molecule has 0 atom stereocenters. The van der Waals surface area contributed by atoms with Crippen LogP contribution < -0.4 is 0 Å². The van der Waals surface area contributed by atoms with E-state index < -0.39 is 37.4 Å². The van der Waals surface area contributed by atoms with Crippen LogP contribution in [-0.2, 0) is 0 Å². The Hall–Kier alpha value is -4.70. The monoisotopic (exact) mass is 819 g/mol. The van der Waals surface area contributed by atoms with E-state index in [9.17, 15) is 20.2 Å². The Morgan fingerprint density at radius 1 is 0.532 bits per heavy atom. The third kappa shape index (κ3) is 10.7. The molecule has 0 aromatic carbocycles. The van der Waals surface area contributed by atoms with Crippen molar-refractivity contribution in [2.45, 2.75) is 77.5 Å². The van der Waals surface area contributed by atoms with Crippen LogP contribution >= 0.6 is 0 Å². The molecule has 0 amide bonds. The number of hydroxylamine groups is 2. The normalized spacial score (nSPS) is 17.4. The molecule has 263 valence electrons. The van der Waals surface area contributed by atoms with E-state index >= 15 is 0 Å². The Morgan fingerprint density at radius 2 is 0.766 bits per heavy atom.